The van der Waals surface area contributed by atoms with Crippen LogP contribution in [0.25, 0.3) is 0 Å². The minimum absolute atomic E-state index is 0.668. The van der Waals surface area contributed by atoms with E-state index in [4.69, 9.17) is 0 Å². The molecule has 8 heteroatoms. The summed E-state index contributed by atoms with van der Waals surface area (Å²) in [7, 11) is -4.29. The van der Waals surface area contributed by atoms with Crippen LogP contribution in [0.15, 0.2) is 29.2 Å². The molecule has 0 fully saturated rings. The highest BCUT2D eigenvalue weighted by molar-refractivity contribution is 7.89. The lowest BCUT2D eigenvalue weighted by molar-refractivity contribution is -0.137. The summed E-state index contributed by atoms with van der Waals surface area (Å²) < 4.78 is 74.4. The van der Waals surface area contributed by atoms with Crippen molar-refractivity contribution < 1.29 is 26.0 Å². The first-order valence-electron chi connectivity index (χ1n) is 4.95. The first kappa shape index (κ1) is 14.9. The van der Waals surface area contributed by atoms with Gasteiger partial charge in [-0.2, -0.15) is 13.2 Å². The molecule has 18 heavy (non-hydrogen) atoms. The molecule has 0 bridgehead atoms. The Morgan fingerprint density at radius 2 is 1.83 bits per heavy atom. The van der Waals surface area contributed by atoms with Gasteiger partial charge in [-0.3, -0.25) is 0 Å². The van der Waals surface area contributed by atoms with E-state index in [-0.39, 0.29) is 0 Å². The van der Waals surface area contributed by atoms with Crippen LogP contribution in [-0.2, 0) is 10.0 Å². The van der Waals surface area contributed by atoms with E-state index in [9.17, 15) is 26.0 Å². The maximum absolute atomic E-state index is 13.2. The van der Waals surface area contributed by atoms with Gasteiger partial charge in [0.2, 0.25) is 10.0 Å². The number of alkyl halides is 3. The van der Waals surface area contributed by atoms with Gasteiger partial charge < -0.3 is 0 Å². The summed E-state index contributed by atoms with van der Waals surface area (Å²) in [4.78, 5) is -0.668. The summed E-state index contributed by atoms with van der Waals surface area (Å²) in [6.45, 7) is 1.06. The van der Waals surface area contributed by atoms with Crippen molar-refractivity contribution in [2.45, 2.75) is 30.5 Å². The average molecular weight is 285 g/mol. The number of nitrogens with one attached hydrogen (secondary N) is 1. The zero-order chi connectivity index (χ0) is 14.0. The van der Waals surface area contributed by atoms with E-state index in [1.807, 2.05) is 0 Å². The molecule has 0 radical (unpaired) electrons. The van der Waals surface area contributed by atoms with Crippen molar-refractivity contribution in [2.75, 3.05) is 0 Å². The van der Waals surface area contributed by atoms with Crippen LogP contribution in [0.5, 0.6) is 0 Å². The van der Waals surface area contributed by atoms with Crippen LogP contribution in [0.1, 0.15) is 13.3 Å². The van der Waals surface area contributed by atoms with E-state index >= 15 is 0 Å². The van der Waals surface area contributed by atoms with E-state index in [0.717, 1.165) is 19.1 Å². The summed E-state index contributed by atoms with van der Waals surface area (Å²) in [5.41, 5.74) is 0. The third-order valence-corrected chi connectivity index (χ3v) is 3.64. The van der Waals surface area contributed by atoms with Gasteiger partial charge >= 0.3 is 6.18 Å². The molecule has 0 aliphatic rings. The Morgan fingerprint density at radius 3 is 2.33 bits per heavy atom. The predicted molar refractivity (Wildman–Crippen MR) is 56.9 cm³/mol. The van der Waals surface area contributed by atoms with Crippen LogP contribution in [-0.4, -0.2) is 20.6 Å². The van der Waals surface area contributed by atoms with Gasteiger partial charge in [0.1, 0.15) is 10.7 Å². The van der Waals surface area contributed by atoms with E-state index in [0.29, 0.717) is 0 Å². The molecule has 0 saturated heterocycles. The van der Waals surface area contributed by atoms with E-state index in [2.05, 4.69) is 0 Å². The lowest BCUT2D eigenvalue weighted by Crippen LogP contribution is -2.36. The first-order valence-corrected chi connectivity index (χ1v) is 6.44. The Labute approximate surface area is 102 Å². The zero-order valence-corrected chi connectivity index (χ0v) is 10.1. The summed E-state index contributed by atoms with van der Waals surface area (Å²) in [5.74, 6) is -1.01. The summed E-state index contributed by atoms with van der Waals surface area (Å²) in [6, 6.07) is 3.11. The zero-order valence-electron chi connectivity index (χ0n) is 9.33. The first-order chi connectivity index (χ1) is 8.12. The quantitative estimate of drug-likeness (QED) is 0.864. The Kier molecular flexibility index (Phi) is 4.33. The number of benzene rings is 1. The van der Waals surface area contributed by atoms with Crippen LogP contribution in [0.4, 0.5) is 17.6 Å². The van der Waals surface area contributed by atoms with Gasteiger partial charge in [-0.15, -0.1) is 0 Å². The van der Waals surface area contributed by atoms with Crippen molar-refractivity contribution in [1.29, 1.82) is 0 Å². The average Bonchev–Trinajstić information content (AvgIpc) is 2.13. The summed E-state index contributed by atoms with van der Waals surface area (Å²) in [6.07, 6.45) is -5.81. The molecule has 0 aliphatic heterocycles. The molecule has 0 aromatic heterocycles. The molecule has 0 saturated carbocycles. The van der Waals surface area contributed by atoms with Crippen molar-refractivity contribution in [3.8, 4) is 0 Å². The molecule has 102 valence electrons. The number of hydrogen-bond acceptors (Lipinski definition) is 2. The fraction of sp³-hybridized carbons (Fsp3) is 0.400. The highest BCUT2D eigenvalue weighted by atomic mass is 32.2. The molecule has 0 aliphatic carbocycles. The molecule has 1 N–H and O–H groups in total. The van der Waals surface area contributed by atoms with Crippen molar-refractivity contribution in [2.24, 2.45) is 0 Å². The lowest BCUT2D eigenvalue weighted by atomic mass is 10.2. The van der Waals surface area contributed by atoms with Crippen LogP contribution < -0.4 is 4.72 Å². The second-order valence-electron chi connectivity index (χ2n) is 3.77. The third-order valence-electron chi connectivity index (χ3n) is 2.02. The normalized spacial score (nSPS) is 14.5. The Balaban J connectivity index is 2.87. The minimum atomic E-state index is -4.49. The second-order valence-corrected chi connectivity index (χ2v) is 5.45. The van der Waals surface area contributed by atoms with Gasteiger partial charge in [0.05, 0.1) is 6.42 Å². The molecular formula is C10H11F4NO2S. The fourth-order valence-electron chi connectivity index (χ4n) is 1.38. The smallest absolute Gasteiger partial charge is 0.208 e. The molecule has 0 amide bonds. The van der Waals surface area contributed by atoms with Crippen molar-refractivity contribution >= 4 is 10.0 Å². The van der Waals surface area contributed by atoms with E-state index in [1.54, 1.807) is 4.72 Å². The molecule has 1 aromatic carbocycles. The minimum Gasteiger partial charge on any atom is -0.208 e. The molecule has 1 unspecified atom stereocenters. The number of sulfonamides is 1. The topological polar surface area (TPSA) is 46.2 Å². The van der Waals surface area contributed by atoms with Crippen LogP contribution >= 0.6 is 0 Å². The number of halogens is 4. The molecule has 3 nitrogen and oxygen atoms in total. The molecule has 1 aromatic rings. The SMILES string of the molecule is CC(CC(F)(F)F)NS(=O)(=O)c1ccccc1F. The Hall–Kier alpha value is -1.15. The number of rotatable bonds is 4. The maximum atomic E-state index is 13.2. The van der Waals surface area contributed by atoms with Crippen molar-refractivity contribution in [1.82, 2.24) is 4.72 Å². The van der Waals surface area contributed by atoms with Gasteiger partial charge in [0, 0.05) is 6.04 Å². The summed E-state index contributed by atoms with van der Waals surface area (Å²) >= 11 is 0. The fourth-order valence-corrected chi connectivity index (χ4v) is 2.70. The van der Waals surface area contributed by atoms with E-state index < -0.39 is 39.4 Å². The maximum Gasteiger partial charge on any atom is 0.390 e. The predicted octanol–water partition coefficient (Wildman–Crippen LogP) is 2.44. The largest absolute Gasteiger partial charge is 0.390 e. The van der Waals surface area contributed by atoms with Crippen LogP contribution in [0.2, 0.25) is 0 Å². The highest BCUT2D eigenvalue weighted by Crippen LogP contribution is 2.22. The molecular weight excluding hydrogens is 274 g/mol. The highest BCUT2D eigenvalue weighted by Gasteiger charge is 2.32. The van der Waals surface area contributed by atoms with Gasteiger partial charge in [0.15, 0.2) is 0 Å². The molecule has 1 rings (SSSR count). The van der Waals surface area contributed by atoms with E-state index in [1.165, 1.54) is 12.1 Å². The standard InChI is InChI=1S/C10H11F4NO2S/c1-7(6-10(12,13)14)15-18(16,17)9-5-3-2-4-8(9)11/h2-5,7,15H,6H2,1H3. The number of hydrogen-bond donors (Lipinski definition) is 1. The van der Waals surface area contributed by atoms with Gasteiger partial charge in [-0.05, 0) is 19.1 Å². The van der Waals surface area contributed by atoms with Crippen molar-refractivity contribution in [3.05, 3.63) is 30.1 Å². The molecule has 0 heterocycles. The van der Waals surface area contributed by atoms with Gasteiger partial charge in [-0.1, -0.05) is 12.1 Å². The lowest BCUT2D eigenvalue weighted by Gasteiger charge is -2.16. The van der Waals surface area contributed by atoms with Gasteiger partial charge in [0.25, 0.3) is 0 Å². The van der Waals surface area contributed by atoms with Crippen LogP contribution in [0, 0.1) is 5.82 Å². The second kappa shape index (κ2) is 5.23. The molecule has 0 spiro atoms. The Bertz CT molecular complexity index is 513. The molecule has 1 atom stereocenters. The third kappa shape index (κ3) is 4.26. The summed E-state index contributed by atoms with van der Waals surface area (Å²) in [5, 5.41) is 0. The van der Waals surface area contributed by atoms with Crippen molar-refractivity contribution in [3.63, 3.8) is 0 Å². The van der Waals surface area contributed by atoms with Gasteiger partial charge in [-0.25, -0.2) is 17.5 Å². The Morgan fingerprint density at radius 1 is 1.28 bits per heavy atom. The monoisotopic (exact) mass is 285 g/mol. The van der Waals surface area contributed by atoms with Crippen LogP contribution in [0.3, 0.4) is 0 Å².